The van der Waals surface area contributed by atoms with Gasteiger partial charge in [-0.15, -0.1) is 0 Å². The van der Waals surface area contributed by atoms with E-state index >= 15 is 0 Å². The van der Waals surface area contributed by atoms with Crippen LogP contribution in [-0.4, -0.2) is 26.5 Å². The number of hydrogen-bond donors (Lipinski definition) is 0. The molecule has 2 atom stereocenters. The van der Waals surface area contributed by atoms with Crippen LogP contribution in [0.5, 0.6) is 0 Å². The minimum absolute atomic E-state index is 0.0647. The maximum atomic E-state index is 13.7. The largest absolute Gasteiger partial charge is 0.328 e. The molecule has 2 aromatic rings. The van der Waals surface area contributed by atoms with E-state index in [0.717, 1.165) is 17.7 Å². The Hall–Kier alpha value is -2.10. The van der Waals surface area contributed by atoms with E-state index in [1.54, 1.807) is 0 Å². The Bertz CT molecular complexity index is 993. The lowest BCUT2D eigenvalue weighted by Gasteiger charge is -2.33. The fourth-order valence-electron chi connectivity index (χ4n) is 5.52. The summed E-state index contributed by atoms with van der Waals surface area (Å²) in [7, 11) is 0. The summed E-state index contributed by atoms with van der Waals surface area (Å²) in [5.74, 6) is 1.53. The molecule has 29 heavy (non-hydrogen) atoms. The van der Waals surface area contributed by atoms with Crippen LogP contribution in [0.2, 0.25) is 0 Å². The summed E-state index contributed by atoms with van der Waals surface area (Å²) >= 11 is 0. The Morgan fingerprint density at radius 1 is 1.00 bits per heavy atom. The summed E-state index contributed by atoms with van der Waals surface area (Å²) in [6.45, 7) is 17.6. The van der Waals surface area contributed by atoms with Gasteiger partial charge in [0.05, 0.1) is 17.3 Å². The Morgan fingerprint density at radius 2 is 1.69 bits per heavy atom. The summed E-state index contributed by atoms with van der Waals surface area (Å²) in [4.78, 5) is 15.8. The molecule has 0 spiro atoms. The van der Waals surface area contributed by atoms with Crippen molar-refractivity contribution >= 4 is 11.4 Å². The van der Waals surface area contributed by atoms with Crippen molar-refractivity contribution in [3.8, 4) is 0 Å². The quantitative estimate of drug-likeness (QED) is 0.654. The summed E-state index contributed by atoms with van der Waals surface area (Å²) in [5.41, 5.74) is 7.40. The Kier molecular flexibility index (Phi) is 4.87. The molecule has 2 aliphatic rings. The second kappa shape index (κ2) is 7.00. The second-order valence-electron chi connectivity index (χ2n) is 10.0. The molecule has 1 aliphatic carbocycles. The van der Waals surface area contributed by atoms with Crippen molar-refractivity contribution in [2.24, 2.45) is 11.8 Å². The number of rotatable bonds is 4. The van der Waals surface area contributed by atoms with E-state index in [-0.39, 0.29) is 29.8 Å². The summed E-state index contributed by atoms with van der Waals surface area (Å²) < 4.78 is 2.04. The van der Waals surface area contributed by atoms with Crippen LogP contribution in [0.3, 0.4) is 0 Å². The number of allylic oxidation sites excluding steroid dienone is 1. The molecule has 4 rings (SSSR count). The first-order valence-corrected chi connectivity index (χ1v) is 11.2. The lowest BCUT2D eigenvalue weighted by molar-refractivity contribution is -0.131. The fraction of sp³-hybridized carbons (Fsp3) is 0.600. The first-order chi connectivity index (χ1) is 13.6. The molecule has 156 valence electrons. The first-order valence-electron chi connectivity index (χ1n) is 11.2. The van der Waals surface area contributed by atoms with Gasteiger partial charge >= 0.3 is 0 Å². The lowest BCUT2D eigenvalue weighted by atomic mass is 9.79. The van der Waals surface area contributed by atoms with Gasteiger partial charge in [0.2, 0.25) is 0 Å². The van der Waals surface area contributed by atoms with Gasteiger partial charge in [0.25, 0.3) is 5.91 Å². The van der Waals surface area contributed by atoms with Crippen LogP contribution >= 0.6 is 0 Å². The molecule has 0 saturated carbocycles. The van der Waals surface area contributed by atoms with Gasteiger partial charge in [0.1, 0.15) is 0 Å². The molecule has 4 heteroatoms. The minimum atomic E-state index is 0.0647. The zero-order valence-electron chi connectivity index (χ0n) is 19.2. The van der Waals surface area contributed by atoms with Crippen molar-refractivity contribution in [3.63, 3.8) is 0 Å². The molecule has 2 unspecified atom stereocenters. The summed E-state index contributed by atoms with van der Waals surface area (Å²) in [5, 5.41) is 5.01. The van der Waals surface area contributed by atoms with Gasteiger partial charge in [-0.3, -0.25) is 4.79 Å². The Balaban J connectivity index is 2.05. The molecule has 1 aliphatic heterocycles. The molecular formula is C25H35N3O. The highest BCUT2D eigenvalue weighted by Gasteiger charge is 2.48. The predicted octanol–water partition coefficient (Wildman–Crippen LogP) is 5.85. The van der Waals surface area contributed by atoms with Gasteiger partial charge in [0, 0.05) is 29.3 Å². The normalized spacial score (nSPS) is 22.1. The number of fused-ring (bicyclic) bond motifs is 7. The van der Waals surface area contributed by atoms with Crippen molar-refractivity contribution in [2.75, 3.05) is 0 Å². The molecule has 2 aromatic heterocycles. The first kappa shape index (κ1) is 20.2. The third-order valence-electron chi connectivity index (χ3n) is 6.76. The SMILES string of the molecule is CC(C)C1=C(C(C)C)C2CC(c3nn4ccc(C(C)C)cc4c32)N(C(C)C)C1=O. The molecule has 0 radical (unpaired) electrons. The monoisotopic (exact) mass is 393 g/mol. The highest BCUT2D eigenvalue weighted by atomic mass is 16.2. The molecular weight excluding hydrogens is 358 g/mol. The van der Waals surface area contributed by atoms with E-state index in [9.17, 15) is 4.79 Å². The molecule has 4 nitrogen and oxygen atoms in total. The third kappa shape index (κ3) is 2.94. The number of pyridine rings is 1. The highest BCUT2D eigenvalue weighted by Crippen LogP contribution is 2.54. The number of hydrogen-bond acceptors (Lipinski definition) is 2. The standard InChI is InChI=1S/C25H35N3O/c1-13(2)17-9-10-27-19(11-17)23-18-12-20(24(23)26-27)28(16(7)8)25(29)22(15(5)6)21(18)14(3)4/h9-11,13-16,18,20H,12H2,1-8H3. The maximum absolute atomic E-state index is 13.7. The molecule has 0 fully saturated rings. The van der Waals surface area contributed by atoms with Crippen LogP contribution in [0.15, 0.2) is 29.5 Å². The fourth-order valence-corrected chi connectivity index (χ4v) is 5.52. The van der Waals surface area contributed by atoms with E-state index < -0.39 is 0 Å². The summed E-state index contributed by atoms with van der Waals surface area (Å²) in [6, 6.07) is 4.71. The van der Waals surface area contributed by atoms with Crippen molar-refractivity contribution in [3.05, 3.63) is 46.3 Å². The van der Waals surface area contributed by atoms with Crippen LogP contribution < -0.4 is 0 Å². The average Bonchev–Trinajstić information content (AvgIpc) is 3.11. The van der Waals surface area contributed by atoms with Gasteiger partial charge in [0.15, 0.2) is 0 Å². The lowest BCUT2D eigenvalue weighted by Crippen LogP contribution is -2.41. The van der Waals surface area contributed by atoms with Gasteiger partial charge < -0.3 is 4.90 Å². The molecule has 0 saturated heterocycles. The van der Waals surface area contributed by atoms with Crippen LogP contribution in [0, 0.1) is 11.8 Å². The second-order valence-corrected chi connectivity index (χ2v) is 10.0. The van der Waals surface area contributed by atoms with Gasteiger partial charge in [-0.25, -0.2) is 4.52 Å². The number of aromatic nitrogens is 2. The Labute approximate surface area is 175 Å². The number of carbonyl (C=O) groups excluding carboxylic acids is 1. The minimum Gasteiger partial charge on any atom is -0.328 e. The molecule has 1 amide bonds. The van der Waals surface area contributed by atoms with E-state index in [4.69, 9.17) is 5.10 Å². The van der Waals surface area contributed by atoms with Crippen molar-refractivity contribution < 1.29 is 4.79 Å². The zero-order chi connectivity index (χ0) is 21.2. The van der Waals surface area contributed by atoms with Crippen LogP contribution in [0.25, 0.3) is 5.52 Å². The number of amides is 1. The third-order valence-corrected chi connectivity index (χ3v) is 6.76. The van der Waals surface area contributed by atoms with Crippen molar-refractivity contribution in [1.82, 2.24) is 14.5 Å². The summed E-state index contributed by atoms with van der Waals surface area (Å²) in [6.07, 6.45) is 3.06. The van der Waals surface area contributed by atoms with Crippen LogP contribution in [0.4, 0.5) is 0 Å². The number of nitrogens with zero attached hydrogens (tertiary/aromatic N) is 3. The van der Waals surface area contributed by atoms with Gasteiger partial charge in [-0.1, -0.05) is 47.1 Å². The molecule has 0 N–H and O–H groups in total. The van der Waals surface area contributed by atoms with E-state index in [0.29, 0.717) is 11.8 Å². The zero-order valence-corrected chi connectivity index (χ0v) is 19.2. The molecule has 3 heterocycles. The van der Waals surface area contributed by atoms with Crippen molar-refractivity contribution in [2.45, 2.75) is 85.7 Å². The van der Waals surface area contributed by atoms with E-state index in [1.807, 2.05) is 4.52 Å². The predicted molar refractivity (Wildman–Crippen MR) is 118 cm³/mol. The highest BCUT2D eigenvalue weighted by molar-refractivity contribution is 5.96. The van der Waals surface area contributed by atoms with Crippen LogP contribution in [0.1, 0.15) is 96.5 Å². The molecule has 2 bridgehead atoms. The van der Waals surface area contributed by atoms with E-state index in [2.05, 4.69) is 78.6 Å². The topological polar surface area (TPSA) is 37.6 Å². The van der Waals surface area contributed by atoms with Gasteiger partial charge in [-0.05, 0) is 55.7 Å². The Morgan fingerprint density at radius 3 is 2.24 bits per heavy atom. The van der Waals surface area contributed by atoms with Crippen LogP contribution in [-0.2, 0) is 4.79 Å². The van der Waals surface area contributed by atoms with Crippen molar-refractivity contribution in [1.29, 1.82) is 0 Å². The number of carbonyl (C=O) groups is 1. The van der Waals surface area contributed by atoms with Gasteiger partial charge in [-0.2, -0.15) is 5.10 Å². The van der Waals surface area contributed by atoms with E-state index in [1.165, 1.54) is 22.2 Å². The average molecular weight is 394 g/mol. The molecule has 0 aromatic carbocycles. The smallest absolute Gasteiger partial charge is 0.250 e. The maximum Gasteiger partial charge on any atom is 0.250 e.